The van der Waals surface area contributed by atoms with Gasteiger partial charge in [-0.05, 0) is 71.2 Å². The van der Waals surface area contributed by atoms with Crippen molar-refractivity contribution in [2.24, 2.45) is 5.10 Å². The fourth-order valence-electron chi connectivity index (χ4n) is 4.55. The van der Waals surface area contributed by atoms with Crippen LogP contribution in [-0.4, -0.2) is 54.8 Å². The Morgan fingerprint density at radius 2 is 1.98 bits per heavy atom. The highest BCUT2D eigenvalue weighted by Crippen LogP contribution is 2.37. The number of halogens is 2. The standard InChI is InChI=1S/C31H31BrClN5O9/c1-4-45-25-13-20(28-27(30(40)44-3)17(2)35-31(41)36-28)8-9-24(25)46-16-26(39)37-34-14-19-11-22(32)29(23(12-19)38(42)43)47-15-18-6-5-7-21(33)10-18/h5-14,26,28,37,39H,4,15-16H2,1-3H3,(H2,35,36,41)/b34-14+/t26-,28+/m0/s1. The number of urea groups is 1. The van der Waals surface area contributed by atoms with E-state index in [4.69, 9.17) is 30.5 Å². The van der Waals surface area contributed by atoms with Gasteiger partial charge < -0.3 is 34.7 Å². The molecule has 0 aromatic heterocycles. The van der Waals surface area contributed by atoms with Crippen molar-refractivity contribution in [1.29, 1.82) is 0 Å². The number of ether oxygens (including phenoxy) is 4. The van der Waals surface area contributed by atoms with E-state index < -0.39 is 29.2 Å². The van der Waals surface area contributed by atoms with Crippen LogP contribution in [-0.2, 0) is 16.1 Å². The Balaban J connectivity index is 1.41. The third kappa shape index (κ3) is 9.12. The van der Waals surface area contributed by atoms with Gasteiger partial charge in [0.25, 0.3) is 0 Å². The predicted molar refractivity (Wildman–Crippen MR) is 176 cm³/mol. The quantitative estimate of drug-likeness (QED) is 0.0572. The topological polar surface area (TPSA) is 183 Å². The Labute approximate surface area is 283 Å². The Bertz CT molecular complexity index is 1720. The molecule has 248 valence electrons. The fraction of sp³-hybridized carbons (Fsp3) is 0.258. The first kappa shape index (κ1) is 35.0. The molecule has 16 heteroatoms. The minimum absolute atomic E-state index is 0.0415. The zero-order chi connectivity index (χ0) is 34.1. The molecule has 3 aromatic rings. The number of hydrazone groups is 1. The molecule has 2 amide bonds. The van der Waals surface area contributed by atoms with Crippen LogP contribution in [0.3, 0.4) is 0 Å². The van der Waals surface area contributed by atoms with E-state index in [1.807, 2.05) is 0 Å². The van der Waals surface area contributed by atoms with Crippen LogP contribution in [0.4, 0.5) is 10.5 Å². The van der Waals surface area contributed by atoms with Gasteiger partial charge in [-0.15, -0.1) is 0 Å². The molecule has 0 unspecified atom stereocenters. The molecule has 2 atom stereocenters. The predicted octanol–water partition coefficient (Wildman–Crippen LogP) is 5.11. The summed E-state index contributed by atoms with van der Waals surface area (Å²) in [5, 5.41) is 32.0. The maximum Gasteiger partial charge on any atom is 0.337 e. The van der Waals surface area contributed by atoms with Gasteiger partial charge in [-0.2, -0.15) is 5.10 Å². The minimum Gasteiger partial charge on any atom is -0.490 e. The van der Waals surface area contributed by atoms with Crippen molar-refractivity contribution >= 4 is 51.4 Å². The second-order valence-electron chi connectivity index (χ2n) is 9.94. The summed E-state index contributed by atoms with van der Waals surface area (Å²) in [6.07, 6.45) is 0.0171. The number of rotatable bonds is 14. The number of hydrogen-bond acceptors (Lipinski definition) is 11. The lowest BCUT2D eigenvalue weighted by atomic mass is 9.95. The molecule has 3 aromatic carbocycles. The molecule has 0 spiro atoms. The lowest BCUT2D eigenvalue weighted by Crippen LogP contribution is -2.45. The van der Waals surface area contributed by atoms with Gasteiger partial charge in [0.05, 0.1) is 40.9 Å². The van der Waals surface area contributed by atoms with Crippen molar-refractivity contribution in [2.75, 3.05) is 20.3 Å². The highest BCUT2D eigenvalue weighted by atomic mass is 79.9. The maximum absolute atomic E-state index is 12.4. The average Bonchev–Trinajstić information content (AvgIpc) is 3.03. The summed E-state index contributed by atoms with van der Waals surface area (Å²) in [7, 11) is 1.25. The number of carbonyl (C=O) groups is 2. The van der Waals surface area contributed by atoms with Gasteiger partial charge in [0.2, 0.25) is 5.75 Å². The normalized spacial score (nSPS) is 15.0. The molecule has 0 saturated heterocycles. The van der Waals surface area contributed by atoms with Crippen molar-refractivity contribution in [3.05, 3.63) is 102 Å². The summed E-state index contributed by atoms with van der Waals surface area (Å²) in [6, 6.07) is 13.4. The lowest BCUT2D eigenvalue weighted by molar-refractivity contribution is -0.386. The number of nitro groups is 1. The Hall–Kier alpha value is -4.86. The Morgan fingerprint density at radius 1 is 1.19 bits per heavy atom. The number of aliphatic hydroxyl groups excluding tert-OH is 1. The number of benzene rings is 3. The molecular formula is C31H31BrClN5O9. The van der Waals surface area contributed by atoms with Crippen LogP contribution in [0, 0.1) is 10.1 Å². The molecule has 14 nitrogen and oxygen atoms in total. The van der Waals surface area contributed by atoms with Crippen LogP contribution in [0.2, 0.25) is 5.02 Å². The van der Waals surface area contributed by atoms with Gasteiger partial charge in [0.15, 0.2) is 17.7 Å². The number of nitro benzene ring substituents is 1. The molecule has 0 bridgehead atoms. The SMILES string of the molecule is CCOc1cc([C@H]2NC(=O)NC(C)=C2C(=O)OC)ccc1OC[C@H](O)N/N=C/c1cc(Br)c(OCc2cccc(Cl)c2)c([N+](=O)[O-])c1. The third-order valence-corrected chi connectivity index (χ3v) is 7.45. The van der Waals surface area contributed by atoms with Crippen molar-refractivity contribution < 1.29 is 38.6 Å². The highest BCUT2D eigenvalue weighted by molar-refractivity contribution is 9.10. The third-order valence-electron chi connectivity index (χ3n) is 6.62. The molecule has 1 heterocycles. The van der Waals surface area contributed by atoms with E-state index in [1.54, 1.807) is 62.4 Å². The number of amides is 2. The average molecular weight is 733 g/mol. The Morgan fingerprint density at radius 3 is 2.68 bits per heavy atom. The van der Waals surface area contributed by atoms with Crippen LogP contribution in [0.5, 0.6) is 17.2 Å². The van der Waals surface area contributed by atoms with E-state index in [-0.39, 0.29) is 42.6 Å². The molecule has 0 aliphatic carbocycles. The monoisotopic (exact) mass is 731 g/mol. The maximum atomic E-state index is 12.4. The molecule has 0 radical (unpaired) electrons. The smallest absolute Gasteiger partial charge is 0.337 e. The van der Waals surface area contributed by atoms with E-state index in [0.717, 1.165) is 5.56 Å². The van der Waals surface area contributed by atoms with Gasteiger partial charge in [0, 0.05) is 22.3 Å². The summed E-state index contributed by atoms with van der Waals surface area (Å²) in [5.74, 6) is 0.0343. The summed E-state index contributed by atoms with van der Waals surface area (Å²) in [5.41, 5.74) is 4.45. The molecule has 4 N–H and O–H groups in total. The van der Waals surface area contributed by atoms with Gasteiger partial charge in [-0.1, -0.05) is 29.8 Å². The number of nitrogens with one attached hydrogen (secondary N) is 3. The number of allylic oxidation sites excluding steroid dienone is 1. The van der Waals surface area contributed by atoms with E-state index in [0.29, 0.717) is 32.1 Å². The first-order valence-corrected chi connectivity index (χ1v) is 15.3. The van der Waals surface area contributed by atoms with Crippen LogP contribution in [0.25, 0.3) is 0 Å². The number of aliphatic hydroxyl groups is 1. The molecule has 0 fully saturated rings. The summed E-state index contributed by atoms with van der Waals surface area (Å²) in [4.78, 5) is 35.8. The highest BCUT2D eigenvalue weighted by Gasteiger charge is 2.32. The van der Waals surface area contributed by atoms with E-state index in [1.165, 1.54) is 19.4 Å². The van der Waals surface area contributed by atoms with Crippen molar-refractivity contribution in [3.63, 3.8) is 0 Å². The number of carbonyl (C=O) groups excluding carboxylic acids is 2. The van der Waals surface area contributed by atoms with Gasteiger partial charge in [0.1, 0.15) is 13.2 Å². The first-order valence-electron chi connectivity index (χ1n) is 14.1. The van der Waals surface area contributed by atoms with E-state index in [2.05, 4.69) is 37.1 Å². The van der Waals surface area contributed by atoms with Crippen molar-refractivity contribution in [2.45, 2.75) is 32.7 Å². The number of methoxy groups -OCH3 is 1. The lowest BCUT2D eigenvalue weighted by Gasteiger charge is -2.28. The zero-order valence-corrected chi connectivity index (χ0v) is 27.8. The molecule has 47 heavy (non-hydrogen) atoms. The van der Waals surface area contributed by atoms with Crippen molar-refractivity contribution in [1.82, 2.24) is 16.1 Å². The van der Waals surface area contributed by atoms with E-state index in [9.17, 15) is 24.8 Å². The van der Waals surface area contributed by atoms with Gasteiger partial charge in [-0.3, -0.25) is 15.5 Å². The molecule has 4 rings (SSSR count). The van der Waals surface area contributed by atoms with Crippen LogP contribution in [0.1, 0.15) is 36.6 Å². The largest absolute Gasteiger partial charge is 0.490 e. The van der Waals surface area contributed by atoms with Gasteiger partial charge in [-0.25, -0.2) is 9.59 Å². The number of hydrogen-bond donors (Lipinski definition) is 4. The van der Waals surface area contributed by atoms with Gasteiger partial charge >= 0.3 is 17.7 Å². The molecule has 1 aliphatic rings. The van der Waals surface area contributed by atoms with Crippen molar-refractivity contribution in [3.8, 4) is 17.2 Å². The molecular weight excluding hydrogens is 702 g/mol. The van der Waals surface area contributed by atoms with E-state index >= 15 is 0 Å². The van der Waals surface area contributed by atoms with Crippen LogP contribution in [0.15, 0.2) is 75.4 Å². The fourth-order valence-corrected chi connectivity index (χ4v) is 5.35. The molecule has 1 aliphatic heterocycles. The minimum atomic E-state index is -1.28. The first-order chi connectivity index (χ1) is 22.5. The van der Waals surface area contributed by atoms with Crippen LogP contribution < -0.4 is 30.3 Å². The van der Waals surface area contributed by atoms with Crippen LogP contribution >= 0.6 is 27.5 Å². The summed E-state index contributed by atoms with van der Waals surface area (Å²) in [6.45, 7) is 3.47. The summed E-state index contributed by atoms with van der Waals surface area (Å²) < 4.78 is 22.4. The Kier molecular flexibility index (Phi) is 12.0. The number of esters is 1. The number of nitrogens with zero attached hydrogens (tertiary/aromatic N) is 2. The zero-order valence-electron chi connectivity index (χ0n) is 25.4. The second kappa shape index (κ2) is 16.1. The summed E-state index contributed by atoms with van der Waals surface area (Å²) >= 11 is 9.33. The molecule has 0 saturated carbocycles. The second-order valence-corrected chi connectivity index (χ2v) is 11.2.